The van der Waals surface area contributed by atoms with Crippen molar-refractivity contribution in [1.29, 1.82) is 0 Å². The molecule has 6 heterocycles. The molecular formula is C98H71B2N3O2. The predicted octanol–water partition coefficient (Wildman–Crippen LogP) is 22.2. The van der Waals surface area contributed by atoms with E-state index in [0.29, 0.717) is 61.6 Å². The van der Waals surface area contributed by atoms with Gasteiger partial charge in [0.1, 0.15) is 23.0 Å². The molecule has 105 heavy (non-hydrogen) atoms. The maximum absolute atomic E-state index is 12.3. The molecule has 0 saturated carbocycles. The van der Waals surface area contributed by atoms with Crippen LogP contribution in [-0.4, -0.2) is 18.0 Å². The van der Waals surface area contributed by atoms with Crippen molar-refractivity contribution in [2.24, 2.45) is 0 Å². The summed E-state index contributed by atoms with van der Waals surface area (Å²) in [6.45, 7) is 10.2. The second kappa shape index (κ2) is 23.0. The Morgan fingerprint density at radius 1 is 0.314 bits per heavy atom. The second-order valence-corrected chi connectivity index (χ2v) is 29.7. The Labute approximate surface area is 637 Å². The number of aromatic nitrogens is 1. The van der Waals surface area contributed by atoms with E-state index < -0.39 is 120 Å². The molecule has 496 valence electrons. The largest absolute Gasteiger partial charge is 0.459 e. The lowest BCUT2D eigenvalue weighted by Crippen LogP contribution is -2.66. The maximum atomic E-state index is 12.3. The number of benzene rings is 15. The molecule has 0 atom stereocenters. The average molecular weight is 1360 g/mol. The van der Waals surface area contributed by atoms with E-state index in [4.69, 9.17) is 10.8 Å². The summed E-state index contributed by atoms with van der Waals surface area (Å²) in [6, 6.07) is 61.7. The molecular weight excluding hydrogens is 1270 g/mol. The molecule has 1 aromatic heterocycles. The first kappa shape index (κ1) is 46.1. The Morgan fingerprint density at radius 2 is 0.810 bits per heavy atom. The molecule has 0 bridgehead atoms. The third-order valence-corrected chi connectivity index (χ3v) is 21.5. The van der Waals surface area contributed by atoms with Crippen molar-refractivity contribution >= 4 is 102 Å². The summed E-state index contributed by atoms with van der Waals surface area (Å²) in [4.78, 5) is 4.05. The fourth-order valence-electron chi connectivity index (χ4n) is 16.7. The van der Waals surface area contributed by atoms with Crippen molar-refractivity contribution in [2.45, 2.75) is 52.4 Å². The highest BCUT2D eigenvalue weighted by Crippen LogP contribution is 2.57. The number of para-hydroxylation sites is 3. The van der Waals surface area contributed by atoms with Gasteiger partial charge in [0.05, 0.1) is 45.7 Å². The van der Waals surface area contributed by atoms with Crippen molar-refractivity contribution in [3.05, 3.63) is 332 Å². The molecule has 0 radical (unpaired) electrons. The molecule has 0 N–H and O–H groups in total. The van der Waals surface area contributed by atoms with E-state index in [2.05, 4.69) is 76.8 Å². The van der Waals surface area contributed by atoms with Crippen molar-refractivity contribution < 1.29 is 32.8 Å². The van der Waals surface area contributed by atoms with Crippen molar-refractivity contribution in [2.75, 3.05) is 9.80 Å². The molecule has 0 unspecified atom stereocenters. The summed E-state index contributed by atoms with van der Waals surface area (Å²) in [7, 11) is 0. The number of fused-ring (bicyclic) bond motifs is 9. The van der Waals surface area contributed by atoms with Crippen molar-refractivity contribution in [1.82, 2.24) is 4.57 Å². The Bertz CT molecular complexity index is 7210. The Kier molecular flexibility index (Phi) is 10.1. The van der Waals surface area contributed by atoms with Gasteiger partial charge in [0.25, 0.3) is 13.4 Å². The molecule has 5 aliphatic rings. The molecule has 5 nitrogen and oxygen atoms in total. The van der Waals surface area contributed by atoms with Gasteiger partial charge in [-0.25, -0.2) is 0 Å². The quantitative estimate of drug-likeness (QED) is 0.135. The fraction of sp³-hybridized carbons (Fsp3) is 0.0816. The van der Waals surface area contributed by atoms with Crippen LogP contribution < -0.4 is 52.1 Å². The highest BCUT2D eigenvalue weighted by molar-refractivity contribution is 7.04. The van der Waals surface area contributed by atoms with E-state index in [1.165, 1.54) is 0 Å². The Balaban J connectivity index is 1.06. The van der Waals surface area contributed by atoms with Crippen LogP contribution in [0.4, 0.5) is 34.1 Å². The van der Waals surface area contributed by atoms with Gasteiger partial charge in [0.15, 0.2) is 0 Å². The summed E-state index contributed by atoms with van der Waals surface area (Å²) in [6.07, 6.45) is 0. The zero-order chi connectivity index (χ0) is 84.9. The van der Waals surface area contributed by atoms with E-state index in [-0.39, 0.29) is 113 Å². The highest BCUT2D eigenvalue weighted by Gasteiger charge is 2.53. The summed E-state index contributed by atoms with van der Waals surface area (Å²) >= 11 is 0. The SMILES string of the molecule is [2H]c1c([2H])c([2H])c(-c2c([2H])c([2H])c3c(c2[2H])N(c2c(-c4ccccc4)cccc2-c2ccccc2)c2cc(-c4cc(C(C)(C)C)cc(C(C)(C)C)c4)cc4c2B3c2c3c5c(c([2H])c2N4c2c(-c4ccccc4)cccc2-c2ccccc2)-n2c4c([2H])c([2H])c([2H])c([2H])c4c4c([2H])c([2H])c6c(c42)B5c2c(c([2H])c(-c4ccccc4)c([2H])c2O6)O3)c([2H])c1[2H]. The first-order valence-electron chi connectivity index (χ1n) is 44.0. The topological polar surface area (TPSA) is 29.9 Å². The van der Waals surface area contributed by atoms with Crippen molar-refractivity contribution in [3.63, 3.8) is 0 Å². The minimum absolute atomic E-state index is 0.00730. The van der Waals surface area contributed by atoms with E-state index in [1.54, 1.807) is 28.8 Å². The van der Waals surface area contributed by atoms with Gasteiger partial charge in [-0.15, -0.1) is 0 Å². The lowest BCUT2D eigenvalue weighted by molar-refractivity contribution is 0.466. The molecule has 16 aromatic rings. The Morgan fingerprint density at radius 3 is 1.36 bits per heavy atom. The van der Waals surface area contributed by atoms with Crippen LogP contribution in [0.3, 0.4) is 0 Å². The standard InChI is InChI=1S/C98H71B2N3O2/c1-97(2,3)70-51-67(52-71(58-70)98(4,5)6)68-54-81-88-82(55-68)103(94-74(64-37-21-11-22-38-64)44-28-45-75(94)65-39-23-12-24-40-65)83-59-84-90-96(105-87-57-69(61-31-15-8-16-32-61)56-86-91(87)100(90)92-85(104-86)50-48-77-76-41-25-26-46-79(76)101(84)95(77)92)89(83)99(88)78-49-47-66(60-29-13-7-14-30-60)53-80(78)102(81)93-72(62-33-17-9-18-34-62)42-27-43-73(93)63-35-19-10-20-36-63/h7-59H,1-6H3/i7D,13D,14D,25D,26D,29D,30D,41D,46D,47D,48D,49D,50D,53D,56D,57D,59D. The number of hydrogen-bond acceptors (Lipinski definition) is 4. The minimum Gasteiger partial charge on any atom is -0.459 e. The minimum atomic E-state index is -1.51. The summed E-state index contributed by atoms with van der Waals surface area (Å²) in [5.74, 6) is -0.415. The zero-order valence-corrected chi connectivity index (χ0v) is 58.1. The van der Waals surface area contributed by atoms with Crippen LogP contribution in [0.15, 0.2) is 321 Å². The van der Waals surface area contributed by atoms with E-state index in [0.717, 1.165) is 38.9 Å². The molecule has 5 aliphatic heterocycles. The van der Waals surface area contributed by atoms with Gasteiger partial charge in [-0.05, 0) is 159 Å². The van der Waals surface area contributed by atoms with Gasteiger partial charge in [-0.3, -0.25) is 0 Å². The maximum Gasteiger partial charge on any atom is 0.266 e. The average Bonchev–Trinajstić information content (AvgIpc) is 1.30. The summed E-state index contributed by atoms with van der Waals surface area (Å²) in [5, 5.41) is -0.143. The molecule has 0 amide bonds. The normalized spacial score (nSPS) is 15.6. The molecule has 0 fully saturated rings. The van der Waals surface area contributed by atoms with E-state index in [1.807, 2.05) is 169 Å². The van der Waals surface area contributed by atoms with Crippen LogP contribution in [0, 0.1) is 0 Å². The first-order chi connectivity index (χ1) is 58.5. The van der Waals surface area contributed by atoms with Crippen LogP contribution in [0.1, 0.15) is 76.0 Å². The zero-order valence-electron chi connectivity index (χ0n) is 75.1. The van der Waals surface area contributed by atoms with Crippen LogP contribution in [0.5, 0.6) is 23.0 Å². The van der Waals surface area contributed by atoms with Gasteiger partial charge in [-0.1, -0.05) is 308 Å². The van der Waals surface area contributed by atoms with Gasteiger partial charge in [0.2, 0.25) is 0 Å². The van der Waals surface area contributed by atoms with Gasteiger partial charge in [0, 0.05) is 66.9 Å². The van der Waals surface area contributed by atoms with Gasteiger partial charge < -0.3 is 23.8 Å². The number of nitrogens with zero attached hydrogens (tertiary/aromatic N) is 3. The fourth-order valence-corrected chi connectivity index (χ4v) is 16.7. The molecule has 0 aliphatic carbocycles. The van der Waals surface area contributed by atoms with Gasteiger partial charge in [-0.2, -0.15) is 0 Å². The van der Waals surface area contributed by atoms with Crippen LogP contribution >= 0.6 is 0 Å². The number of anilines is 6. The molecule has 15 aromatic carbocycles. The third kappa shape index (κ3) is 9.30. The second-order valence-electron chi connectivity index (χ2n) is 29.7. The molecule has 21 rings (SSSR count). The lowest BCUT2D eigenvalue weighted by atomic mass is 9.29. The van der Waals surface area contributed by atoms with Crippen LogP contribution in [0.2, 0.25) is 0 Å². The number of rotatable bonds is 9. The van der Waals surface area contributed by atoms with Crippen LogP contribution in [0.25, 0.3) is 105 Å². The van der Waals surface area contributed by atoms with E-state index in [9.17, 15) is 21.9 Å². The number of hydrogen-bond donors (Lipinski definition) is 0. The van der Waals surface area contributed by atoms with Crippen LogP contribution in [-0.2, 0) is 10.8 Å². The Hall–Kier alpha value is -12.6. The summed E-state index contributed by atoms with van der Waals surface area (Å²) < 4.78 is 191. The van der Waals surface area contributed by atoms with E-state index >= 15 is 0 Å². The summed E-state index contributed by atoms with van der Waals surface area (Å²) in [5.41, 5.74) is 10.6. The van der Waals surface area contributed by atoms with Crippen molar-refractivity contribution in [3.8, 4) is 107 Å². The number of ether oxygens (including phenoxy) is 2. The molecule has 0 saturated heterocycles. The third-order valence-electron chi connectivity index (χ3n) is 21.5. The molecule has 0 spiro atoms. The predicted molar refractivity (Wildman–Crippen MR) is 442 cm³/mol. The smallest absolute Gasteiger partial charge is 0.266 e. The van der Waals surface area contributed by atoms with Gasteiger partial charge >= 0.3 is 0 Å². The highest BCUT2D eigenvalue weighted by atomic mass is 16.5. The monoisotopic (exact) mass is 1360 g/mol. The molecule has 7 heteroatoms. The first-order valence-corrected chi connectivity index (χ1v) is 35.5. The lowest BCUT2D eigenvalue weighted by Gasteiger charge is -2.48.